The van der Waals surface area contributed by atoms with Crippen LogP contribution in [0.2, 0.25) is 0 Å². The molecule has 1 rings (SSSR count). The van der Waals surface area contributed by atoms with Crippen LogP contribution >= 0.6 is 0 Å². The van der Waals surface area contributed by atoms with Crippen LogP contribution in [0.1, 0.15) is 52.9 Å². The minimum atomic E-state index is -0.758. The number of aliphatic carboxylic acids is 1. The monoisotopic (exact) mass is 298 g/mol. The van der Waals surface area contributed by atoms with Gasteiger partial charge in [0.05, 0.1) is 12.0 Å². The lowest BCUT2D eigenvalue weighted by atomic mass is 9.90. The number of amides is 1. The van der Waals surface area contributed by atoms with E-state index in [-0.39, 0.29) is 5.91 Å². The van der Waals surface area contributed by atoms with Crippen LogP contribution in [0.15, 0.2) is 0 Å². The fourth-order valence-electron chi connectivity index (χ4n) is 2.72. The van der Waals surface area contributed by atoms with Crippen LogP contribution in [0.25, 0.3) is 0 Å². The van der Waals surface area contributed by atoms with Gasteiger partial charge in [0.2, 0.25) is 5.91 Å². The predicted octanol–water partition coefficient (Wildman–Crippen LogP) is 2.21. The summed E-state index contributed by atoms with van der Waals surface area (Å²) in [6, 6.07) is 0. The first-order valence-electron chi connectivity index (χ1n) is 8.16. The highest BCUT2D eigenvalue weighted by Gasteiger charge is 2.40. The second-order valence-electron chi connectivity index (χ2n) is 6.41. The summed E-state index contributed by atoms with van der Waals surface area (Å²) in [6.07, 6.45) is 4.84. The molecule has 1 atom stereocenters. The highest BCUT2D eigenvalue weighted by molar-refractivity contribution is 5.79. The fraction of sp³-hybridized carbons (Fsp3) is 0.875. The number of unbranched alkanes of at least 4 members (excludes halogenated alkanes) is 2. The molecule has 1 amide bonds. The lowest BCUT2D eigenvalue weighted by Gasteiger charge is -2.26. The zero-order chi connectivity index (χ0) is 15.9. The topological polar surface area (TPSA) is 60.9 Å². The van der Waals surface area contributed by atoms with Gasteiger partial charge in [-0.2, -0.15) is 0 Å². The van der Waals surface area contributed by atoms with Gasteiger partial charge in [-0.1, -0.05) is 26.7 Å². The number of carboxylic acids is 1. The summed E-state index contributed by atoms with van der Waals surface area (Å²) in [5.41, 5.74) is -0.696. The Morgan fingerprint density at radius 2 is 1.76 bits per heavy atom. The van der Waals surface area contributed by atoms with Crippen molar-refractivity contribution in [1.29, 1.82) is 0 Å². The van der Waals surface area contributed by atoms with E-state index < -0.39 is 11.4 Å². The Morgan fingerprint density at radius 1 is 1.19 bits per heavy atom. The first-order chi connectivity index (χ1) is 9.92. The van der Waals surface area contributed by atoms with Crippen LogP contribution in [0.4, 0.5) is 0 Å². The molecular formula is C16H30N2O3. The maximum absolute atomic E-state index is 12.4. The van der Waals surface area contributed by atoms with E-state index in [1.165, 1.54) is 0 Å². The largest absolute Gasteiger partial charge is 0.481 e. The second kappa shape index (κ2) is 8.37. The third-order valence-corrected chi connectivity index (χ3v) is 4.34. The Labute approximate surface area is 128 Å². The Balaban J connectivity index is 2.51. The Morgan fingerprint density at radius 3 is 2.19 bits per heavy atom. The zero-order valence-corrected chi connectivity index (χ0v) is 13.7. The highest BCUT2D eigenvalue weighted by Crippen LogP contribution is 2.29. The number of carbonyl (C=O) groups is 2. The van der Waals surface area contributed by atoms with Crippen LogP contribution in [0.5, 0.6) is 0 Å². The molecule has 1 saturated heterocycles. The summed E-state index contributed by atoms with van der Waals surface area (Å²) in [6.45, 7) is 9.19. The molecule has 0 radical (unpaired) electrons. The van der Waals surface area contributed by atoms with Crippen LogP contribution in [0.3, 0.4) is 0 Å². The minimum absolute atomic E-state index is 0.145. The van der Waals surface area contributed by atoms with E-state index >= 15 is 0 Å². The van der Waals surface area contributed by atoms with E-state index in [2.05, 4.69) is 13.8 Å². The molecule has 0 saturated carbocycles. The Bertz CT molecular complexity index is 351. The maximum atomic E-state index is 12.4. The molecule has 0 bridgehead atoms. The van der Waals surface area contributed by atoms with Gasteiger partial charge in [-0.15, -0.1) is 0 Å². The average molecular weight is 298 g/mol. The molecule has 1 aliphatic heterocycles. The minimum Gasteiger partial charge on any atom is -0.481 e. The number of rotatable bonds is 9. The molecule has 5 nitrogen and oxygen atoms in total. The van der Waals surface area contributed by atoms with E-state index in [0.717, 1.165) is 38.8 Å². The normalized spacial score (nSPS) is 22.4. The van der Waals surface area contributed by atoms with Gasteiger partial charge in [0, 0.05) is 19.6 Å². The van der Waals surface area contributed by atoms with Crippen LogP contribution in [-0.4, -0.2) is 59.5 Å². The fourth-order valence-corrected chi connectivity index (χ4v) is 2.72. The van der Waals surface area contributed by atoms with Crippen LogP contribution in [-0.2, 0) is 9.59 Å². The summed E-state index contributed by atoms with van der Waals surface area (Å²) in [4.78, 5) is 27.6. The standard InChI is InChI=1S/C16H30N2O3/c1-4-6-9-18(10-7-5-2)14(19)12-17-11-8-16(3,13-17)15(20)21/h4-13H2,1-3H3,(H,20,21). The number of hydrogen-bond acceptors (Lipinski definition) is 3. The molecule has 0 spiro atoms. The van der Waals surface area contributed by atoms with E-state index in [1.54, 1.807) is 6.92 Å². The summed E-state index contributed by atoms with van der Waals surface area (Å²) < 4.78 is 0. The van der Waals surface area contributed by atoms with E-state index in [9.17, 15) is 14.7 Å². The molecule has 1 aliphatic rings. The molecule has 0 aliphatic carbocycles. The molecule has 1 heterocycles. The predicted molar refractivity (Wildman–Crippen MR) is 83.2 cm³/mol. The van der Waals surface area contributed by atoms with Crippen molar-refractivity contribution in [2.24, 2.45) is 5.41 Å². The molecule has 1 unspecified atom stereocenters. The quantitative estimate of drug-likeness (QED) is 0.709. The van der Waals surface area contributed by atoms with Gasteiger partial charge in [0.1, 0.15) is 0 Å². The summed E-state index contributed by atoms with van der Waals surface area (Å²) >= 11 is 0. The lowest BCUT2D eigenvalue weighted by Crippen LogP contribution is -2.41. The molecule has 0 aromatic rings. The summed E-state index contributed by atoms with van der Waals surface area (Å²) in [5, 5.41) is 9.24. The van der Waals surface area contributed by atoms with Crippen molar-refractivity contribution in [3.8, 4) is 0 Å². The highest BCUT2D eigenvalue weighted by atomic mass is 16.4. The van der Waals surface area contributed by atoms with Crippen LogP contribution in [0, 0.1) is 5.41 Å². The number of likely N-dealkylation sites (tertiary alicyclic amines) is 1. The van der Waals surface area contributed by atoms with Gasteiger partial charge < -0.3 is 10.0 Å². The Hall–Kier alpha value is -1.10. The first-order valence-corrected chi connectivity index (χ1v) is 8.16. The van der Waals surface area contributed by atoms with Gasteiger partial charge in [0.25, 0.3) is 0 Å². The lowest BCUT2D eigenvalue weighted by molar-refractivity contribution is -0.147. The van der Waals surface area contributed by atoms with Crippen molar-refractivity contribution < 1.29 is 14.7 Å². The average Bonchev–Trinajstić information content (AvgIpc) is 2.81. The van der Waals surface area contributed by atoms with Crippen molar-refractivity contribution in [3.63, 3.8) is 0 Å². The number of carbonyl (C=O) groups excluding carboxylic acids is 1. The molecule has 0 aromatic heterocycles. The van der Waals surface area contributed by atoms with Gasteiger partial charge in [-0.25, -0.2) is 0 Å². The summed E-state index contributed by atoms with van der Waals surface area (Å²) in [5.74, 6) is -0.613. The smallest absolute Gasteiger partial charge is 0.310 e. The molecular weight excluding hydrogens is 268 g/mol. The molecule has 5 heteroatoms. The van der Waals surface area contributed by atoms with Gasteiger partial charge in [-0.05, 0) is 32.7 Å². The molecule has 122 valence electrons. The van der Waals surface area contributed by atoms with Crippen molar-refractivity contribution in [2.45, 2.75) is 52.9 Å². The second-order valence-corrected chi connectivity index (χ2v) is 6.41. The summed E-state index contributed by atoms with van der Waals surface area (Å²) in [7, 11) is 0. The molecule has 21 heavy (non-hydrogen) atoms. The van der Waals surface area contributed by atoms with Crippen molar-refractivity contribution >= 4 is 11.9 Å². The van der Waals surface area contributed by atoms with Gasteiger partial charge in [-0.3, -0.25) is 14.5 Å². The SMILES string of the molecule is CCCCN(CCCC)C(=O)CN1CCC(C)(C(=O)O)C1. The van der Waals surface area contributed by atoms with Crippen molar-refractivity contribution in [1.82, 2.24) is 9.80 Å². The van der Waals surface area contributed by atoms with E-state index in [4.69, 9.17) is 0 Å². The van der Waals surface area contributed by atoms with Crippen molar-refractivity contribution in [3.05, 3.63) is 0 Å². The molecule has 1 N–H and O–H groups in total. The van der Waals surface area contributed by atoms with Gasteiger partial charge in [0.15, 0.2) is 0 Å². The third-order valence-electron chi connectivity index (χ3n) is 4.34. The first kappa shape index (κ1) is 18.0. The van der Waals surface area contributed by atoms with Gasteiger partial charge >= 0.3 is 5.97 Å². The number of hydrogen-bond donors (Lipinski definition) is 1. The Kier molecular flexibility index (Phi) is 7.15. The maximum Gasteiger partial charge on any atom is 0.310 e. The zero-order valence-electron chi connectivity index (χ0n) is 13.7. The molecule has 0 aromatic carbocycles. The van der Waals surface area contributed by atoms with Crippen molar-refractivity contribution in [2.75, 3.05) is 32.7 Å². The molecule has 1 fully saturated rings. The number of nitrogens with zero attached hydrogens (tertiary/aromatic N) is 2. The van der Waals surface area contributed by atoms with Crippen LogP contribution < -0.4 is 0 Å². The number of carboxylic acid groups (broad SMARTS) is 1. The van der Waals surface area contributed by atoms with E-state index in [0.29, 0.717) is 26.1 Å². The third kappa shape index (κ3) is 5.30. The van der Waals surface area contributed by atoms with E-state index in [1.807, 2.05) is 9.80 Å².